The van der Waals surface area contributed by atoms with E-state index in [4.69, 9.17) is 0 Å². The van der Waals surface area contributed by atoms with Gasteiger partial charge in [-0.25, -0.2) is 0 Å². The average molecular weight is 848 g/mol. The highest BCUT2D eigenvalue weighted by atomic mass is 14.3. The van der Waals surface area contributed by atoms with Gasteiger partial charge in [-0.1, -0.05) is 329 Å². The van der Waals surface area contributed by atoms with Crippen LogP contribution in [0, 0.1) is 39.9 Å². The lowest BCUT2D eigenvalue weighted by Crippen LogP contribution is -2.13. The summed E-state index contributed by atoms with van der Waals surface area (Å²) in [5, 5.41) is 0. The van der Waals surface area contributed by atoms with Crippen LogP contribution in [-0.2, 0) is 0 Å². The van der Waals surface area contributed by atoms with Crippen molar-refractivity contribution in [3.8, 4) is 0 Å². The van der Waals surface area contributed by atoms with Crippen LogP contribution in [0.15, 0.2) is 0 Å². The molecule has 0 heteroatoms. The van der Waals surface area contributed by atoms with Gasteiger partial charge in [0.1, 0.15) is 0 Å². The molecule has 0 fully saturated rings. The summed E-state index contributed by atoms with van der Waals surface area (Å²) >= 11 is 0. The smallest absolute Gasteiger partial charge is 0.0380 e. The third-order valence-corrected chi connectivity index (χ3v) is 13.0. The van der Waals surface area contributed by atoms with Gasteiger partial charge >= 0.3 is 0 Å². The third kappa shape index (κ3) is 60.1. The summed E-state index contributed by atoms with van der Waals surface area (Å²) in [5.41, 5.74) is 1.54. The van der Waals surface area contributed by atoms with Crippen LogP contribution in [0.2, 0.25) is 0 Å². The lowest BCUT2D eigenvalue weighted by molar-refractivity contribution is 0.259. The minimum absolute atomic E-state index is 0.507. The minimum atomic E-state index is 0.507. The molecule has 0 aromatic rings. The number of hydrogen-bond donors (Lipinski definition) is 0. The molecule has 0 N–H and O–H groups in total. The third-order valence-electron chi connectivity index (χ3n) is 13.0. The van der Waals surface area contributed by atoms with Crippen molar-refractivity contribution in [2.75, 3.05) is 0 Å². The van der Waals surface area contributed by atoms with Crippen LogP contribution in [0.25, 0.3) is 0 Å². The van der Waals surface area contributed by atoms with Gasteiger partial charge in [0, 0.05) is 0 Å². The summed E-state index contributed by atoms with van der Waals surface area (Å²) in [6.07, 6.45) is 53.4. The van der Waals surface area contributed by atoms with Crippen molar-refractivity contribution >= 4 is 0 Å². The standard InChI is InChI=1S/C24H50.C22H46.C14H30/c1-6-8-10-12-14-15-17-19-21-23(22-24(3,4)5)20-18-16-13-11-9-7-2;1-6-8-10-12-14-16-18-21(20-22(3,4)5)19-17-15-13-11-9-7-2;1-12(2)8-7-9-13(3)10-11-14(4,5)6/h23H,6-22H2,1-5H3;21H,6-20H2,1-5H3;12-13H,7-11H2,1-6H3. The Morgan fingerprint density at radius 1 is 0.267 bits per heavy atom. The molecule has 0 aliphatic heterocycles. The maximum absolute atomic E-state index is 2.43. The molecule has 0 spiro atoms. The normalized spacial score (nSPS) is 13.3. The molecule has 0 heterocycles. The molecule has 0 aromatic carbocycles. The molecule has 0 amide bonds. The number of hydrogen-bond acceptors (Lipinski definition) is 0. The summed E-state index contributed by atoms with van der Waals surface area (Å²) in [6, 6.07) is 0. The number of rotatable bonds is 38. The summed E-state index contributed by atoms with van der Waals surface area (Å²) in [6.45, 7) is 37.8. The second-order valence-corrected chi connectivity index (χ2v) is 24.7. The number of unbranched alkanes of at least 4 members (excludes halogenated alkanes) is 22. The van der Waals surface area contributed by atoms with Crippen molar-refractivity contribution in [1.82, 2.24) is 0 Å². The van der Waals surface area contributed by atoms with Crippen LogP contribution < -0.4 is 0 Å². The topological polar surface area (TPSA) is 0 Å². The lowest BCUT2D eigenvalue weighted by Gasteiger charge is -2.26. The van der Waals surface area contributed by atoms with Gasteiger partial charge in [-0.2, -0.15) is 0 Å². The van der Waals surface area contributed by atoms with Crippen molar-refractivity contribution in [1.29, 1.82) is 0 Å². The monoisotopic (exact) mass is 847 g/mol. The van der Waals surface area contributed by atoms with Crippen molar-refractivity contribution < 1.29 is 0 Å². The molecule has 366 valence electrons. The Kier molecular flexibility index (Phi) is 47.4. The van der Waals surface area contributed by atoms with E-state index in [0.717, 1.165) is 23.7 Å². The molecule has 0 bridgehead atoms. The van der Waals surface area contributed by atoms with E-state index in [-0.39, 0.29) is 0 Å². The molecule has 0 nitrogen and oxygen atoms in total. The zero-order chi connectivity index (χ0) is 46.0. The average Bonchev–Trinajstić information content (AvgIpc) is 3.14. The molecule has 2 atom stereocenters. The zero-order valence-corrected chi connectivity index (χ0v) is 46.0. The van der Waals surface area contributed by atoms with Crippen LogP contribution in [0.5, 0.6) is 0 Å². The van der Waals surface area contributed by atoms with Gasteiger partial charge in [-0.3, -0.25) is 0 Å². The Balaban J connectivity index is -0.000000840. The summed E-state index contributed by atoms with van der Waals surface area (Å²) in [4.78, 5) is 0. The van der Waals surface area contributed by atoms with Gasteiger partial charge in [-0.05, 0) is 59.2 Å². The van der Waals surface area contributed by atoms with E-state index in [9.17, 15) is 0 Å². The Labute approximate surface area is 386 Å². The quantitative estimate of drug-likeness (QED) is 0.0543. The van der Waals surface area contributed by atoms with Gasteiger partial charge in [-0.15, -0.1) is 0 Å². The van der Waals surface area contributed by atoms with E-state index < -0.39 is 0 Å². The summed E-state index contributed by atoms with van der Waals surface area (Å²) < 4.78 is 0. The highest BCUT2D eigenvalue weighted by molar-refractivity contribution is 4.72. The van der Waals surface area contributed by atoms with Crippen LogP contribution in [0.1, 0.15) is 348 Å². The molecule has 0 rings (SSSR count). The molecule has 0 aromatic heterocycles. The van der Waals surface area contributed by atoms with E-state index >= 15 is 0 Å². The first-order valence-corrected chi connectivity index (χ1v) is 28.3. The van der Waals surface area contributed by atoms with E-state index in [0.29, 0.717) is 16.2 Å². The minimum Gasteiger partial charge on any atom is -0.0654 e. The second kappa shape index (κ2) is 44.2. The first-order valence-electron chi connectivity index (χ1n) is 28.3. The Morgan fingerprint density at radius 2 is 0.533 bits per heavy atom. The van der Waals surface area contributed by atoms with Crippen LogP contribution in [0.4, 0.5) is 0 Å². The molecule has 0 radical (unpaired) electrons. The molecule has 0 saturated carbocycles. The zero-order valence-electron chi connectivity index (χ0n) is 46.0. The van der Waals surface area contributed by atoms with Crippen LogP contribution in [0.3, 0.4) is 0 Å². The molecule has 0 aliphatic carbocycles. The summed E-state index contributed by atoms with van der Waals surface area (Å²) in [5.74, 6) is 3.77. The van der Waals surface area contributed by atoms with E-state index in [1.807, 2.05) is 0 Å². The predicted octanol–water partition coefficient (Wildman–Crippen LogP) is 23.1. The van der Waals surface area contributed by atoms with Crippen molar-refractivity contribution in [3.05, 3.63) is 0 Å². The molecule has 0 saturated heterocycles. The molecular formula is C60H126. The van der Waals surface area contributed by atoms with E-state index in [2.05, 4.69) is 111 Å². The summed E-state index contributed by atoms with van der Waals surface area (Å²) in [7, 11) is 0. The van der Waals surface area contributed by atoms with Crippen molar-refractivity contribution in [3.63, 3.8) is 0 Å². The maximum Gasteiger partial charge on any atom is -0.0380 e. The highest BCUT2D eigenvalue weighted by Crippen LogP contribution is 2.33. The molecule has 2 unspecified atom stereocenters. The van der Waals surface area contributed by atoms with E-state index in [1.165, 1.54) is 238 Å². The SMILES string of the molecule is CC(C)CCCC(C)CCC(C)(C)C.CCCCCCCCC(CCCCCCCC)CC(C)(C)C.CCCCCCCCCCC(CCCCCCCC)CC(C)(C)C. The molecule has 60 heavy (non-hydrogen) atoms. The first kappa shape index (κ1) is 64.3. The first-order chi connectivity index (χ1) is 28.3. The van der Waals surface area contributed by atoms with Crippen molar-refractivity contribution in [2.45, 2.75) is 348 Å². The fourth-order valence-corrected chi connectivity index (χ4v) is 9.33. The second-order valence-electron chi connectivity index (χ2n) is 24.7. The lowest BCUT2D eigenvalue weighted by atomic mass is 9.80. The Hall–Kier alpha value is 0. The Morgan fingerprint density at radius 3 is 0.767 bits per heavy atom. The molecular weight excluding hydrogens is 721 g/mol. The fraction of sp³-hybridized carbons (Fsp3) is 1.00. The Bertz CT molecular complexity index is 766. The fourth-order valence-electron chi connectivity index (χ4n) is 9.33. The maximum atomic E-state index is 2.43. The van der Waals surface area contributed by atoms with Crippen molar-refractivity contribution in [2.24, 2.45) is 39.9 Å². The predicted molar refractivity (Wildman–Crippen MR) is 283 cm³/mol. The van der Waals surface area contributed by atoms with Gasteiger partial charge in [0.2, 0.25) is 0 Å². The van der Waals surface area contributed by atoms with Crippen LogP contribution >= 0.6 is 0 Å². The highest BCUT2D eigenvalue weighted by Gasteiger charge is 2.19. The van der Waals surface area contributed by atoms with E-state index in [1.54, 1.807) is 0 Å². The molecule has 0 aliphatic rings. The van der Waals surface area contributed by atoms with Gasteiger partial charge < -0.3 is 0 Å². The van der Waals surface area contributed by atoms with Gasteiger partial charge in [0.15, 0.2) is 0 Å². The van der Waals surface area contributed by atoms with Gasteiger partial charge in [0.05, 0.1) is 0 Å². The largest absolute Gasteiger partial charge is 0.0654 e. The van der Waals surface area contributed by atoms with Gasteiger partial charge in [0.25, 0.3) is 0 Å². The van der Waals surface area contributed by atoms with Crippen LogP contribution in [-0.4, -0.2) is 0 Å².